The molecule has 1 aromatic heterocycles. The molecule has 0 aliphatic carbocycles. The average Bonchev–Trinajstić information content (AvgIpc) is 3.00. The number of nitrogens with one attached hydrogen (secondary N) is 1. The Morgan fingerprint density at radius 1 is 1.05 bits per heavy atom. The number of ether oxygens (including phenoxy) is 2. The molecule has 9 nitrogen and oxygen atoms in total. The van der Waals surface area contributed by atoms with Crippen molar-refractivity contribution in [1.82, 2.24) is 9.88 Å². The quantitative estimate of drug-likeness (QED) is 0.529. The van der Waals surface area contributed by atoms with Gasteiger partial charge in [0.2, 0.25) is 0 Å². The van der Waals surface area contributed by atoms with E-state index in [0.717, 1.165) is 18.3 Å². The molecule has 0 atom stereocenters. The predicted molar refractivity (Wildman–Crippen MR) is 142 cm³/mol. The van der Waals surface area contributed by atoms with Gasteiger partial charge in [-0.15, -0.1) is 0 Å². The van der Waals surface area contributed by atoms with Crippen molar-refractivity contribution >= 4 is 30.4 Å². The highest BCUT2D eigenvalue weighted by molar-refractivity contribution is 6.63. The van der Waals surface area contributed by atoms with Gasteiger partial charge in [0.25, 0.3) is 5.91 Å². The van der Waals surface area contributed by atoms with Crippen LogP contribution in [0.2, 0.25) is 0 Å². The van der Waals surface area contributed by atoms with Crippen molar-refractivity contribution in [2.75, 3.05) is 18.4 Å². The Labute approximate surface area is 231 Å². The van der Waals surface area contributed by atoms with Crippen molar-refractivity contribution in [3.8, 4) is 5.75 Å². The molecule has 216 valence electrons. The average molecular weight is 563 g/mol. The number of halogens is 3. The number of pyridine rings is 1. The highest BCUT2D eigenvalue weighted by atomic mass is 19.4. The number of aromatic nitrogens is 1. The largest absolute Gasteiger partial charge is 0.498 e. The fourth-order valence-corrected chi connectivity index (χ4v) is 3.97. The van der Waals surface area contributed by atoms with Gasteiger partial charge >= 0.3 is 19.4 Å². The van der Waals surface area contributed by atoms with Crippen molar-refractivity contribution in [3.63, 3.8) is 0 Å². The van der Waals surface area contributed by atoms with E-state index in [0.29, 0.717) is 5.46 Å². The zero-order valence-electron chi connectivity index (χ0n) is 23.5. The summed E-state index contributed by atoms with van der Waals surface area (Å²) in [6, 6.07) is 6.17. The maximum Gasteiger partial charge on any atom is 0.498 e. The van der Waals surface area contributed by atoms with E-state index in [2.05, 4.69) is 10.3 Å². The van der Waals surface area contributed by atoms with Gasteiger partial charge in [0.1, 0.15) is 23.3 Å². The molecule has 0 unspecified atom stereocenters. The molecule has 0 spiro atoms. The number of carbonyl (C=O) groups excluding carboxylic acids is 2. The van der Waals surface area contributed by atoms with Crippen LogP contribution in [0.1, 0.15) is 64.4 Å². The molecule has 2 fully saturated rings. The molecule has 3 heterocycles. The van der Waals surface area contributed by atoms with Crippen LogP contribution in [0.25, 0.3) is 0 Å². The smallest absolute Gasteiger partial charge is 0.487 e. The molecule has 1 N–H and O–H groups in total. The summed E-state index contributed by atoms with van der Waals surface area (Å²) in [6.45, 7) is 13.5. The standard InChI is InChI=1S/C27H33BF3N3O6/c1-24(2,3)38-23(36)34-14-18(15-34)37-20-12-16(8-9-19(20)28-39-25(4,5)26(6,7)40-28)22(35)33-21-13-17(10-11-32-21)27(29,30)31/h8-13,18H,14-15H2,1-7H3,(H,32,33,35). The summed E-state index contributed by atoms with van der Waals surface area (Å²) in [6.07, 6.45) is -4.46. The van der Waals surface area contributed by atoms with Crippen LogP contribution in [-0.2, 0) is 20.2 Å². The zero-order chi connectivity index (χ0) is 29.7. The molecule has 2 saturated heterocycles. The summed E-state index contributed by atoms with van der Waals surface area (Å²) >= 11 is 0. The van der Waals surface area contributed by atoms with E-state index < -0.39 is 53.8 Å². The Morgan fingerprint density at radius 2 is 1.68 bits per heavy atom. The van der Waals surface area contributed by atoms with E-state index in [1.807, 2.05) is 27.7 Å². The van der Waals surface area contributed by atoms with Gasteiger partial charge in [-0.05, 0) is 72.7 Å². The molecule has 40 heavy (non-hydrogen) atoms. The number of anilines is 1. The molecule has 2 aromatic rings. The van der Waals surface area contributed by atoms with Crippen molar-refractivity contribution in [2.24, 2.45) is 0 Å². The van der Waals surface area contributed by atoms with Crippen LogP contribution in [0.5, 0.6) is 5.75 Å². The SMILES string of the molecule is CC(C)(C)OC(=O)N1CC(Oc2cc(C(=O)Nc3cc(C(F)(F)F)ccn3)ccc2B2OC(C)(C)C(C)(C)O2)C1. The van der Waals surface area contributed by atoms with Gasteiger partial charge in [0, 0.05) is 17.2 Å². The fourth-order valence-electron chi connectivity index (χ4n) is 3.97. The Morgan fingerprint density at radius 3 is 2.25 bits per heavy atom. The number of rotatable bonds is 5. The molecule has 0 bridgehead atoms. The second-order valence-electron chi connectivity index (χ2n) is 11.8. The summed E-state index contributed by atoms with van der Waals surface area (Å²) < 4.78 is 63.2. The van der Waals surface area contributed by atoms with Gasteiger partial charge < -0.3 is 29.0 Å². The molecular formula is C27H33BF3N3O6. The van der Waals surface area contributed by atoms with Crippen LogP contribution in [-0.4, -0.2) is 65.0 Å². The Balaban J connectivity index is 1.56. The van der Waals surface area contributed by atoms with Crippen molar-refractivity contribution in [3.05, 3.63) is 47.7 Å². The Hall–Kier alpha value is -3.32. The Kier molecular flexibility index (Phi) is 7.61. The second kappa shape index (κ2) is 10.3. The van der Waals surface area contributed by atoms with Gasteiger partial charge in [-0.2, -0.15) is 13.2 Å². The van der Waals surface area contributed by atoms with E-state index in [1.54, 1.807) is 26.8 Å². The molecule has 0 saturated carbocycles. The Bertz CT molecular complexity index is 1270. The lowest BCUT2D eigenvalue weighted by Gasteiger charge is -2.39. The number of likely N-dealkylation sites (tertiary alicyclic amines) is 1. The van der Waals surface area contributed by atoms with Crippen molar-refractivity contribution in [2.45, 2.75) is 77.5 Å². The van der Waals surface area contributed by atoms with E-state index >= 15 is 0 Å². The van der Waals surface area contributed by atoms with E-state index in [9.17, 15) is 22.8 Å². The van der Waals surface area contributed by atoms with Crippen molar-refractivity contribution < 1.29 is 41.5 Å². The number of hydrogen-bond acceptors (Lipinski definition) is 7. The van der Waals surface area contributed by atoms with Crippen LogP contribution in [0.3, 0.4) is 0 Å². The number of alkyl halides is 3. The minimum atomic E-state index is -4.58. The molecule has 2 aliphatic rings. The first-order valence-corrected chi connectivity index (χ1v) is 12.8. The van der Waals surface area contributed by atoms with E-state index in [1.165, 1.54) is 17.0 Å². The lowest BCUT2D eigenvalue weighted by Crippen LogP contribution is -2.57. The summed E-state index contributed by atoms with van der Waals surface area (Å²) in [5.74, 6) is -0.637. The lowest BCUT2D eigenvalue weighted by molar-refractivity contribution is -0.137. The number of nitrogens with zero attached hydrogens (tertiary/aromatic N) is 2. The van der Waals surface area contributed by atoms with E-state index in [4.69, 9.17) is 18.8 Å². The van der Waals surface area contributed by atoms with E-state index in [-0.39, 0.29) is 30.2 Å². The maximum atomic E-state index is 13.1. The van der Waals surface area contributed by atoms with Gasteiger partial charge in [-0.1, -0.05) is 6.07 Å². The molecule has 13 heteroatoms. The van der Waals surface area contributed by atoms with Crippen LogP contribution in [0, 0.1) is 0 Å². The van der Waals surface area contributed by atoms with Gasteiger partial charge in [-0.3, -0.25) is 4.79 Å². The minimum Gasteiger partial charge on any atom is -0.487 e. The summed E-state index contributed by atoms with van der Waals surface area (Å²) in [5.41, 5.74) is -2.18. The molecule has 4 rings (SSSR count). The third kappa shape index (κ3) is 6.52. The topological polar surface area (TPSA) is 99.2 Å². The number of benzene rings is 1. The third-order valence-electron chi connectivity index (χ3n) is 6.91. The zero-order valence-corrected chi connectivity index (χ0v) is 23.5. The molecule has 2 amide bonds. The van der Waals surface area contributed by atoms with Gasteiger partial charge in [-0.25, -0.2) is 9.78 Å². The monoisotopic (exact) mass is 563 g/mol. The summed E-state index contributed by atoms with van der Waals surface area (Å²) in [7, 11) is -0.802. The van der Waals surface area contributed by atoms with Crippen LogP contribution in [0.15, 0.2) is 36.5 Å². The molecule has 2 aliphatic heterocycles. The first-order chi connectivity index (χ1) is 18.3. The highest BCUT2D eigenvalue weighted by Gasteiger charge is 2.52. The number of hydrogen-bond donors (Lipinski definition) is 1. The first kappa shape index (κ1) is 29.7. The molecular weight excluding hydrogens is 530 g/mol. The number of amides is 2. The highest BCUT2D eigenvalue weighted by Crippen LogP contribution is 2.37. The van der Waals surface area contributed by atoms with Crippen LogP contribution >= 0.6 is 0 Å². The third-order valence-corrected chi connectivity index (χ3v) is 6.91. The van der Waals surface area contributed by atoms with Crippen LogP contribution in [0.4, 0.5) is 23.8 Å². The maximum absolute atomic E-state index is 13.1. The predicted octanol–water partition coefficient (Wildman–Crippen LogP) is 4.65. The van der Waals surface area contributed by atoms with Crippen molar-refractivity contribution in [1.29, 1.82) is 0 Å². The second-order valence-corrected chi connectivity index (χ2v) is 11.8. The number of carbonyl (C=O) groups is 2. The van der Waals surface area contributed by atoms with Gasteiger partial charge in [0.05, 0.1) is 29.9 Å². The normalized spacial score (nSPS) is 18.8. The van der Waals surface area contributed by atoms with Crippen LogP contribution < -0.4 is 15.5 Å². The van der Waals surface area contributed by atoms with Gasteiger partial charge in [0.15, 0.2) is 0 Å². The lowest BCUT2D eigenvalue weighted by atomic mass is 9.77. The summed E-state index contributed by atoms with van der Waals surface area (Å²) in [5, 5.41) is 2.40. The fraction of sp³-hybridized carbons (Fsp3) is 0.519. The molecule has 0 radical (unpaired) electrons. The molecule has 1 aromatic carbocycles. The first-order valence-electron chi connectivity index (χ1n) is 12.8. The summed E-state index contributed by atoms with van der Waals surface area (Å²) in [4.78, 5) is 30.7. The minimum absolute atomic E-state index is 0.123.